The van der Waals surface area contributed by atoms with Gasteiger partial charge in [-0.3, -0.25) is 4.79 Å². The van der Waals surface area contributed by atoms with Crippen molar-refractivity contribution in [3.8, 4) is 5.75 Å². The number of halogens is 1. The fourth-order valence-corrected chi connectivity index (χ4v) is 2.23. The van der Waals surface area contributed by atoms with E-state index in [0.29, 0.717) is 11.3 Å². The first-order valence-corrected chi connectivity index (χ1v) is 6.59. The first-order chi connectivity index (χ1) is 9.13. The zero-order chi connectivity index (χ0) is 13.8. The number of para-hydroxylation sites is 2. The van der Waals surface area contributed by atoms with Crippen LogP contribution in [0.25, 0.3) is 0 Å². The maximum Gasteiger partial charge on any atom is 0.258 e. The molecule has 19 heavy (non-hydrogen) atoms. The van der Waals surface area contributed by atoms with Gasteiger partial charge < -0.3 is 9.64 Å². The molecule has 2 rings (SSSR count). The Morgan fingerprint density at radius 3 is 2.58 bits per heavy atom. The van der Waals surface area contributed by atoms with Crippen molar-refractivity contribution in [2.75, 3.05) is 19.1 Å². The summed E-state index contributed by atoms with van der Waals surface area (Å²) in [7, 11) is 3.33. The van der Waals surface area contributed by atoms with Crippen molar-refractivity contribution in [3.05, 3.63) is 58.6 Å². The van der Waals surface area contributed by atoms with Crippen molar-refractivity contribution in [3.63, 3.8) is 0 Å². The minimum atomic E-state index is -0.0780. The van der Waals surface area contributed by atoms with E-state index in [9.17, 15) is 4.79 Å². The molecule has 0 aliphatic carbocycles. The van der Waals surface area contributed by atoms with Crippen molar-refractivity contribution >= 4 is 27.5 Å². The molecule has 0 fully saturated rings. The first kappa shape index (κ1) is 13.6. The number of hydrogen-bond donors (Lipinski definition) is 0. The topological polar surface area (TPSA) is 29.5 Å². The lowest BCUT2D eigenvalue weighted by Crippen LogP contribution is -2.26. The number of hydrogen-bond acceptors (Lipinski definition) is 2. The van der Waals surface area contributed by atoms with E-state index in [1.165, 1.54) is 0 Å². The Hall–Kier alpha value is -1.81. The molecule has 4 heteroatoms. The number of carbonyl (C=O) groups excluding carboxylic acids is 1. The first-order valence-electron chi connectivity index (χ1n) is 5.80. The minimum Gasteiger partial charge on any atom is -0.495 e. The maximum absolute atomic E-state index is 12.4. The molecule has 0 saturated heterocycles. The molecular formula is C15H14BrNO2. The summed E-state index contributed by atoms with van der Waals surface area (Å²) in [5.74, 6) is 0.596. The molecule has 0 heterocycles. The van der Waals surface area contributed by atoms with Crippen LogP contribution in [0.1, 0.15) is 10.4 Å². The largest absolute Gasteiger partial charge is 0.495 e. The Labute approximate surface area is 120 Å². The van der Waals surface area contributed by atoms with Gasteiger partial charge in [0.15, 0.2) is 0 Å². The van der Waals surface area contributed by atoms with Crippen LogP contribution in [0.2, 0.25) is 0 Å². The fraction of sp³-hybridized carbons (Fsp3) is 0.133. The van der Waals surface area contributed by atoms with Gasteiger partial charge >= 0.3 is 0 Å². The summed E-state index contributed by atoms with van der Waals surface area (Å²) >= 11 is 3.37. The van der Waals surface area contributed by atoms with Crippen molar-refractivity contribution in [1.29, 1.82) is 0 Å². The smallest absolute Gasteiger partial charge is 0.258 e. The molecule has 0 aliphatic heterocycles. The SMILES string of the molecule is COc1ccccc1N(C)C(=O)c1cccc(Br)c1. The fourth-order valence-electron chi connectivity index (χ4n) is 1.83. The third kappa shape index (κ3) is 2.96. The van der Waals surface area contributed by atoms with Crippen molar-refractivity contribution in [2.45, 2.75) is 0 Å². The summed E-state index contributed by atoms with van der Waals surface area (Å²) in [6.07, 6.45) is 0. The van der Waals surface area contributed by atoms with Gasteiger partial charge in [-0.15, -0.1) is 0 Å². The van der Waals surface area contributed by atoms with Gasteiger partial charge in [-0.1, -0.05) is 34.1 Å². The van der Waals surface area contributed by atoms with E-state index in [1.54, 1.807) is 31.2 Å². The van der Waals surface area contributed by atoms with Crippen LogP contribution in [0, 0.1) is 0 Å². The van der Waals surface area contributed by atoms with E-state index in [0.717, 1.165) is 10.2 Å². The highest BCUT2D eigenvalue weighted by Crippen LogP contribution is 2.28. The summed E-state index contributed by atoms with van der Waals surface area (Å²) in [5.41, 5.74) is 1.37. The second-order valence-electron chi connectivity index (χ2n) is 4.05. The van der Waals surface area contributed by atoms with Crippen LogP contribution in [-0.2, 0) is 0 Å². The molecule has 0 aliphatic rings. The number of methoxy groups -OCH3 is 1. The third-order valence-electron chi connectivity index (χ3n) is 2.82. The summed E-state index contributed by atoms with van der Waals surface area (Å²) in [6.45, 7) is 0. The minimum absolute atomic E-state index is 0.0780. The molecule has 2 aromatic carbocycles. The molecule has 2 aromatic rings. The molecule has 0 saturated carbocycles. The lowest BCUT2D eigenvalue weighted by molar-refractivity contribution is 0.0992. The monoisotopic (exact) mass is 319 g/mol. The molecule has 0 unspecified atom stereocenters. The quantitative estimate of drug-likeness (QED) is 0.862. The van der Waals surface area contributed by atoms with Gasteiger partial charge in [0.05, 0.1) is 12.8 Å². The zero-order valence-corrected chi connectivity index (χ0v) is 12.3. The normalized spacial score (nSPS) is 10.1. The summed E-state index contributed by atoms with van der Waals surface area (Å²) in [6, 6.07) is 14.8. The van der Waals surface area contributed by atoms with Crippen LogP contribution >= 0.6 is 15.9 Å². The highest BCUT2D eigenvalue weighted by atomic mass is 79.9. The van der Waals surface area contributed by atoms with Crippen molar-refractivity contribution in [2.24, 2.45) is 0 Å². The predicted molar refractivity (Wildman–Crippen MR) is 79.9 cm³/mol. The van der Waals surface area contributed by atoms with Gasteiger partial charge in [-0.25, -0.2) is 0 Å². The Morgan fingerprint density at radius 2 is 1.89 bits per heavy atom. The number of benzene rings is 2. The average molecular weight is 320 g/mol. The second kappa shape index (κ2) is 5.89. The lowest BCUT2D eigenvalue weighted by atomic mass is 10.2. The van der Waals surface area contributed by atoms with Gasteiger partial charge in [0.25, 0.3) is 5.91 Å². The van der Waals surface area contributed by atoms with E-state index in [2.05, 4.69) is 15.9 Å². The number of anilines is 1. The molecule has 1 amide bonds. The lowest BCUT2D eigenvalue weighted by Gasteiger charge is -2.20. The molecule has 0 N–H and O–H groups in total. The number of nitrogens with zero attached hydrogens (tertiary/aromatic N) is 1. The average Bonchev–Trinajstić information content (AvgIpc) is 2.45. The van der Waals surface area contributed by atoms with Gasteiger partial charge in [-0.2, -0.15) is 0 Å². The Bertz CT molecular complexity index is 598. The van der Waals surface area contributed by atoms with Crippen molar-refractivity contribution in [1.82, 2.24) is 0 Å². The summed E-state index contributed by atoms with van der Waals surface area (Å²) in [4.78, 5) is 14.0. The van der Waals surface area contributed by atoms with Crippen LogP contribution in [0.15, 0.2) is 53.0 Å². The van der Waals surface area contributed by atoms with E-state index in [-0.39, 0.29) is 5.91 Å². The number of amides is 1. The van der Waals surface area contributed by atoms with Crippen LogP contribution < -0.4 is 9.64 Å². The molecule has 0 spiro atoms. The number of ether oxygens (including phenoxy) is 1. The van der Waals surface area contributed by atoms with Gasteiger partial charge in [0.1, 0.15) is 5.75 Å². The second-order valence-corrected chi connectivity index (χ2v) is 4.96. The number of rotatable bonds is 3. The Morgan fingerprint density at radius 1 is 1.16 bits per heavy atom. The highest BCUT2D eigenvalue weighted by Gasteiger charge is 2.16. The molecule has 0 atom stereocenters. The standard InChI is InChI=1S/C15H14BrNO2/c1-17(13-8-3-4-9-14(13)19-2)15(18)11-6-5-7-12(16)10-11/h3-10H,1-2H3. The predicted octanol–water partition coefficient (Wildman–Crippen LogP) is 3.73. The molecule has 98 valence electrons. The molecule has 3 nitrogen and oxygen atoms in total. The van der Waals surface area contributed by atoms with Gasteiger partial charge in [-0.05, 0) is 30.3 Å². The Kier molecular flexibility index (Phi) is 4.22. The molecular weight excluding hydrogens is 306 g/mol. The number of carbonyl (C=O) groups is 1. The Balaban J connectivity index is 2.33. The van der Waals surface area contributed by atoms with Crippen LogP contribution in [-0.4, -0.2) is 20.1 Å². The molecule has 0 bridgehead atoms. The summed E-state index contributed by atoms with van der Waals surface area (Å²) in [5, 5.41) is 0. The highest BCUT2D eigenvalue weighted by molar-refractivity contribution is 9.10. The van der Waals surface area contributed by atoms with Crippen molar-refractivity contribution < 1.29 is 9.53 Å². The van der Waals surface area contributed by atoms with Crippen LogP contribution in [0.3, 0.4) is 0 Å². The van der Waals surface area contributed by atoms with Crippen LogP contribution in [0.5, 0.6) is 5.75 Å². The third-order valence-corrected chi connectivity index (χ3v) is 3.32. The van der Waals surface area contributed by atoms with E-state index in [1.807, 2.05) is 36.4 Å². The van der Waals surface area contributed by atoms with Crippen LogP contribution in [0.4, 0.5) is 5.69 Å². The van der Waals surface area contributed by atoms with E-state index >= 15 is 0 Å². The molecule has 0 radical (unpaired) electrons. The van der Waals surface area contributed by atoms with E-state index < -0.39 is 0 Å². The molecule has 0 aromatic heterocycles. The zero-order valence-electron chi connectivity index (χ0n) is 10.8. The maximum atomic E-state index is 12.4. The summed E-state index contributed by atoms with van der Waals surface area (Å²) < 4.78 is 6.15. The van der Waals surface area contributed by atoms with E-state index in [4.69, 9.17) is 4.74 Å². The van der Waals surface area contributed by atoms with Gasteiger partial charge in [0.2, 0.25) is 0 Å². The van der Waals surface area contributed by atoms with Gasteiger partial charge in [0, 0.05) is 17.1 Å².